The predicted molar refractivity (Wildman–Crippen MR) is 113 cm³/mol. The molecule has 1 unspecified atom stereocenters. The molecule has 2 aliphatic carbocycles. The lowest BCUT2D eigenvalue weighted by Crippen LogP contribution is -2.60. The van der Waals surface area contributed by atoms with E-state index in [1.165, 1.54) is 0 Å². The molecule has 1 aliphatic heterocycles. The smallest absolute Gasteiger partial charge is 0.229 e. The molecule has 0 spiro atoms. The molecule has 0 bridgehead atoms. The highest BCUT2D eigenvalue weighted by molar-refractivity contribution is 7.80. The van der Waals surface area contributed by atoms with Gasteiger partial charge in [0.25, 0.3) is 0 Å². The van der Waals surface area contributed by atoms with Crippen molar-refractivity contribution in [1.82, 2.24) is 20.4 Å². The van der Waals surface area contributed by atoms with Gasteiger partial charge in [0.1, 0.15) is 0 Å². The number of nitrogens with one attached hydrogen (secondary N) is 2. The minimum absolute atomic E-state index is 0.0616. The summed E-state index contributed by atoms with van der Waals surface area (Å²) in [5, 5.41) is 6.88. The third kappa shape index (κ3) is 5.16. The quantitative estimate of drug-likeness (QED) is 0.681. The number of thiocarbonyl (C=S) groups is 2. The van der Waals surface area contributed by atoms with Gasteiger partial charge in [0.15, 0.2) is 10.2 Å². The molecule has 0 aromatic carbocycles. The Balaban J connectivity index is 1.46. The highest BCUT2D eigenvalue weighted by Crippen LogP contribution is 2.25. The van der Waals surface area contributed by atoms with Crippen molar-refractivity contribution in [1.29, 1.82) is 0 Å². The standard InChI is InChI=1S/C19H30N4O2S2/c1-13-12-22(18(26)20-16(24)14-6-2-3-7-14)10-11-23(13)19(27)21-17(25)15-8-4-5-9-15/h13-15H,2-12H2,1H3,(H,20,24,26)(H,21,25,27). The van der Waals surface area contributed by atoms with Crippen LogP contribution < -0.4 is 10.6 Å². The maximum Gasteiger partial charge on any atom is 0.229 e. The molecule has 1 heterocycles. The Labute approximate surface area is 172 Å². The van der Waals surface area contributed by atoms with Gasteiger partial charge in [-0.05, 0) is 57.0 Å². The summed E-state index contributed by atoms with van der Waals surface area (Å²) in [5.41, 5.74) is 0. The Kier molecular flexibility index (Phi) is 7.03. The van der Waals surface area contributed by atoms with Gasteiger partial charge in [-0.3, -0.25) is 9.59 Å². The van der Waals surface area contributed by atoms with Crippen molar-refractivity contribution in [2.24, 2.45) is 11.8 Å². The topological polar surface area (TPSA) is 64.7 Å². The van der Waals surface area contributed by atoms with Gasteiger partial charge in [-0.1, -0.05) is 25.7 Å². The van der Waals surface area contributed by atoms with Crippen LogP contribution in [0.2, 0.25) is 0 Å². The fourth-order valence-electron chi connectivity index (χ4n) is 4.39. The first-order valence-electron chi connectivity index (χ1n) is 10.2. The van der Waals surface area contributed by atoms with Crippen molar-refractivity contribution in [2.45, 2.75) is 64.3 Å². The zero-order chi connectivity index (χ0) is 19.4. The number of nitrogens with zero attached hydrogens (tertiary/aromatic N) is 2. The lowest BCUT2D eigenvalue weighted by Gasteiger charge is -2.42. The molecular formula is C19H30N4O2S2. The van der Waals surface area contributed by atoms with Crippen LogP contribution in [0.4, 0.5) is 0 Å². The van der Waals surface area contributed by atoms with Crippen molar-refractivity contribution < 1.29 is 9.59 Å². The molecule has 2 N–H and O–H groups in total. The second-order valence-electron chi connectivity index (χ2n) is 8.04. The number of amides is 2. The molecule has 150 valence electrons. The lowest BCUT2D eigenvalue weighted by molar-refractivity contribution is -0.124. The monoisotopic (exact) mass is 410 g/mol. The van der Waals surface area contributed by atoms with Crippen molar-refractivity contribution >= 4 is 46.5 Å². The van der Waals surface area contributed by atoms with Gasteiger partial charge in [-0.15, -0.1) is 0 Å². The van der Waals surface area contributed by atoms with Crippen LogP contribution in [-0.4, -0.2) is 57.5 Å². The molecule has 0 radical (unpaired) electrons. The maximum atomic E-state index is 12.3. The number of carbonyl (C=O) groups is 2. The minimum Gasteiger partial charge on any atom is -0.345 e. The summed E-state index contributed by atoms with van der Waals surface area (Å²) < 4.78 is 0. The number of hydrogen-bond donors (Lipinski definition) is 2. The third-order valence-electron chi connectivity index (χ3n) is 6.09. The normalized spacial score (nSPS) is 24.1. The van der Waals surface area contributed by atoms with Gasteiger partial charge in [0.2, 0.25) is 11.8 Å². The van der Waals surface area contributed by atoms with E-state index in [1.807, 2.05) is 4.90 Å². The van der Waals surface area contributed by atoms with Crippen molar-refractivity contribution in [3.05, 3.63) is 0 Å². The molecule has 3 fully saturated rings. The van der Waals surface area contributed by atoms with E-state index < -0.39 is 0 Å². The Morgan fingerprint density at radius 3 is 1.78 bits per heavy atom. The van der Waals surface area contributed by atoms with E-state index in [2.05, 4.69) is 22.5 Å². The first kappa shape index (κ1) is 20.5. The number of hydrogen-bond acceptors (Lipinski definition) is 4. The van der Waals surface area contributed by atoms with Gasteiger partial charge in [0.05, 0.1) is 0 Å². The van der Waals surface area contributed by atoms with Crippen LogP contribution in [0.25, 0.3) is 0 Å². The Morgan fingerprint density at radius 2 is 1.30 bits per heavy atom. The van der Waals surface area contributed by atoms with Crippen molar-refractivity contribution in [2.75, 3.05) is 19.6 Å². The molecule has 27 heavy (non-hydrogen) atoms. The SMILES string of the molecule is CC1CN(C(=S)NC(=O)C2CCCC2)CCN1C(=S)NC(=O)C1CCCC1. The van der Waals surface area contributed by atoms with E-state index in [-0.39, 0.29) is 29.7 Å². The van der Waals surface area contributed by atoms with Crippen LogP contribution in [0.3, 0.4) is 0 Å². The molecule has 3 rings (SSSR count). The predicted octanol–water partition coefficient (Wildman–Crippen LogP) is 2.18. The van der Waals surface area contributed by atoms with Gasteiger partial charge >= 0.3 is 0 Å². The summed E-state index contributed by atoms with van der Waals surface area (Å²) in [5.74, 6) is 0.344. The zero-order valence-electron chi connectivity index (χ0n) is 16.0. The molecule has 6 nitrogen and oxygen atoms in total. The van der Waals surface area contributed by atoms with Crippen molar-refractivity contribution in [3.8, 4) is 0 Å². The summed E-state index contributed by atoms with van der Waals surface area (Å²) in [6.07, 6.45) is 8.38. The number of rotatable bonds is 2. The summed E-state index contributed by atoms with van der Waals surface area (Å²) >= 11 is 10.9. The minimum atomic E-state index is 0.0616. The average molecular weight is 411 g/mol. The first-order chi connectivity index (χ1) is 13.0. The van der Waals surface area contributed by atoms with E-state index in [4.69, 9.17) is 24.4 Å². The van der Waals surface area contributed by atoms with Crippen LogP contribution in [0.15, 0.2) is 0 Å². The van der Waals surface area contributed by atoms with Gasteiger partial charge in [0, 0.05) is 37.5 Å². The molecule has 1 atom stereocenters. The van der Waals surface area contributed by atoms with Crippen LogP contribution in [-0.2, 0) is 9.59 Å². The van der Waals surface area contributed by atoms with E-state index in [9.17, 15) is 9.59 Å². The summed E-state index contributed by atoms with van der Waals surface area (Å²) in [7, 11) is 0. The van der Waals surface area contributed by atoms with Gasteiger partial charge in [-0.25, -0.2) is 0 Å². The third-order valence-corrected chi connectivity index (χ3v) is 6.78. The Bertz CT molecular complexity index is 601. The van der Waals surface area contributed by atoms with Gasteiger partial charge in [-0.2, -0.15) is 0 Å². The van der Waals surface area contributed by atoms with E-state index in [0.717, 1.165) is 51.4 Å². The average Bonchev–Trinajstić information content (AvgIpc) is 3.35. The lowest BCUT2D eigenvalue weighted by atomic mass is 10.1. The molecule has 8 heteroatoms. The molecule has 0 aromatic heterocycles. The highest BCUT2D eigenvalue weighted by Gasteiger charge is 2.31. The second-order valence-corrected chi connectivity index (χ2v) is 8.81. The maximum absolute atomic E-state index is 12.3. The molecule has 0 aromatic rings. The summed E-state index contributed by atoms with van der Waals surface area (Å²) in [6.45, 7) is 4.13. The summed E-state index contributed by atoms with van der Waals surface area (Å²) in [6, 6.07) is 0.122. The Hall–Kier alpha value is -1.28. The fourth-order valence-corrected chi connectivity index (χ4v) is 5.02. The van der Waals surface area contributed by atoms with Crippen LogP contribution in [0, 0.1) is 11.8 Å². The number of carbonyl (C=O) groups excluding carboxylic acids is 2. The fraction of sp³-hybridized carbons (Fsp3) is 0.789. The molecule has 1 saturated heterocycles. The number of piperazine rings is 1. The molecule has 2 amide bonds. The molecule has 3 aliphatic rings. The van der Waals surface area contributed by atoms with Crippen molar-refractivity contribution in [3.63, 3.8) is 0 Å². The largest absolute Gasteiger partial charge is 0.345 e. The zero-order valence-corrected chi connectivity index (χ0v) is 17.7. The summed E-state index contributed by atoms with van der Waals surface area (Å²) in [4.78, 5) is 28.7. The van der Waals surface area contributed by atoms with E-state index in [0.29, 0.717) is 29.9 Å². The highest BCUT2D eigenvalue weighted by atomic mass is 32.1. The van der Waals surface area contributed by atoms with Gasteiger partial charge < -0.3 is 20.4 Å². The Morgan fingerprint density at radius 1 is 0.815 bits per heavy atom. The van der Waals surface area contributed by atoms with E-state index >= 15 is 0 Å². The van der Waals surface area contributed by atoms with Crippen LogP contribution in [0.5, 0.6) is 0 Å². The first-order valence-corrected chi connectivity index (χ1v) is 11.0. The molecular weight excluding hydrogens is 380 g/mol. The van der Waals surface area contributed by atoms with E-state index in [1.54, 1.807) is 0 Å². The second kappa shape index (κ2) is 9.28. The van der Waals surface area contributed by atoms with Crippen LogP contribution in [0.1, 0.15) is 58.3 Å². The van der Waals surface area contributed by atoms with Crippen LogP contribution >= 0.6 is 24.4 Å². The molecule has 2 saturated carbocycles.